The van der Waals surface area contributed by atoms with E-state index in [-0.39, 0.29) is 4.70 Å². The maximum absolute atomic E-state index is 8.55. The van der Waals surface area contributed by atoms with Crippen molar-refractivity contribution in [2.24, 2.45) is 0 Å². The lowest BCUT2D eigenvalue weighted by molar-refractivity contribution is -0.929. The summed E-state index contributed by atoms with van der Waals surface area (Å²) in [6, 6.07) is 0. The second-order valence-corrected chi connectivity index (χ2v) is 23.9. The average Bonchev–Trinajstić information content (AvgIpc) is 3.39. The quantitative estimate of drug-likeness (QED) is 0.0449. The zero-order chi connectivity index (χ0) is 56.4. The van der Waals surface area contributed by atoms with Gasteiger partial charge in [0.1, 0.15) is 0 Å². The van der Waals surface area contributed by atoms with Crippen LogP contribution in [-0.2, 0) is 4.57 Å². The van der Waals surface area contributed by atoms with Crippen molar-refractivity contribution in [2.75, 3.05) is 105 Å². The molecule has 0 fully saturated rings. The molecule has 0 aromatic heterocycles. The molecule has 0 spiro atoms. The number of quaternary nitrogens is 4. The fourth-order valence-electron chi connectivity index (χ4n) is 10.6. The lowest BCUT2D eigenvalue weighted by Gasteiger charge is -2.39. The summed E-state index contributed by atoms with van der Waals surface area (Å²) in [5, 5.41) is 0. The van der Waals surface area contributed by atoms with Crippen LogP contribution in [0, 0.1) is 0 Å². The Morgan fingerprint density at radius 1 is 0.203 bits per heavy atom. The minimum Gasteiger partial charge on any atom is -1.00 e. The van der Waals surface area contributed by atoms with Crippen molar-refractivity contribution in [3.05, 3.63) is 0 Å². The molecule has 456 valence electrons. The van der Waals surface area contributed by atoms with Gasteiger partial charge in [-0.3, -0.25) is 0 Å². The molecule has 0 atom stereocenters. The third-order valence-corrected chi connectivity index (χ3v) is 15.8. The highest BCUT2D eigenvalue weighted by Crippen LogP contribution is 2.20. The number of phosphoric acid groups is 1. The molecule has 0 aromatic carbocycles. The highest BCUT2D eigenvalue weighted by atomic mass is 31.2. The maximum atomic E-state index is 8.55. The van der Waals surface area contributed by atoms with Gasteiger partial charge in [0.2, 0.25) is 0 Å². The van der Waals surface area contributed by atoms with Gasteiger partial charge in [0.25, 0.3) is 0 Å². The van der Waals surface area contributed by atoms with Crippen LogP contribution in [0.2, 0.25) is 0 Å². The van der Waals surface area contributed by atoms with E-state index in [9.17, 15) is 0 Å². The van der Waals surface area contributed by atoms with Crippen LogP contribution in [-0.4, -0.2) is 123 Å². The van der Waals surface area contributed by atoms with Crippen LogP contribution >= 0.6 is 7.82 Å². The van der Waals surface area contributed by atoms with Gasteiger partial charge in [-0.25, -0.2) is 0 Å². The van der Waals surface area contributed by atoms with Crippen LogP contribution in [0.15, 0.2) is 0 Å². The summed E-state index contributed by atoms with van der Waals surface area (Å²) in [5.74, 6) is 0. The van der Waals surface area contributed by atoms with Crippen molar-refractivity contribution in [3.8, 4) is 0 Å². The zero-order valence-corrected chi connectivity index (χ0v) is 55.1. The lowest BCUT2D eigenvalue weighted by atomic mass is 10.1. The van der Waals surface area contributed by atoms with Gasteiger partial charge in [0.15, 0.2) is 0 Å². The number of hydrogen-bond acceptors (Lipinski definition) is 4. The molecular weight excluding hydrogens is 939 g/mol. The van der Waals surface area contributed by atoms with Gasteiger partial charge in [0, 0.05) is 0 Å². The summed E-state index contributed by atoms with van der Waals surface area (Å²) >= 11 is 0. The fourth-order valence-corrected chi connectivity index (χ4v) is 10.6. The molecule has 0 rings (SSSR count). The van der Waals surface area contributed by atoms with E-state index in [0.29, 0.717) is 0 Å². The number of rotatable bonds is 48. The predicted octanol–water partition coefficient (Wildman–Crippen LogP) is 14.2. The molecule has 0 saturated carbocycles. The molecule has 0 saturated heterocycles. The van der Waals surface area contributed by atoms with E-state index in [4.69, 9.17) is 19.2 Å². The Morgan fingerprint density at radius 2 is 0.257 bits per heavy atom. The predicted molar refractivity (Wildman–Crippen MR) is 325 cm³/mol. The van der Waals surface area contributed by atoms with E-state index in [0.717, 1.165) is 0 Å². The van der Waals surface area contributed by atoms with Crippen LogP contribution in [0.25, 0.3) is 0 Å². The van der Waals surface area contributed by atoms with Crippen LogP contribution in [0.1, 0.15) is 316 Å². The van der Waals surface area contributed by atoms with E-state index in [1.807, 2.05) is 0 Å². The van der Waals surface area contributed by atoms with Crippen molar-refractivity contribution >= 4 is 7.82 Å². The Balaban J connectivity index is -0.000000201. The molecule has 74 heavy (non-hydrogen) atoms. The molecule has 10 heteroatoms. The van der Waals surface area contributed by atoms with Gasteiger partial charge in [0.05, 0.1) is 105 Å². The summed E-state index contributed by atoms with van der Waals surface area (Å²) in [5.41, 5.74) is 0. The van der Waals surface area contributed by atoms with E-state index < -0.39 is 7.82 Å². The van der Waals surface area contributed by atoms with Crippen molar-refractivity contribution in [1.82, 2.24) is 0 Å². The third kappa shape index (κ3) is 56.6. The molecule has 0 N–H and O–H groups in total. The Morgan fingerprint density at radius 3 is 0.297 bits per heavy atom. The molecular formula is C64H144FN4O4P. The molecule has 8 nitrogen and oxygen atoms in total. The van der Waals surface area contributed by atoms with Gasteiger partial charge in [-0.2, -0.15) is 7.82 Å². The Hall–Kier alpha value is -0.120. The van der Waals surface area contributed by atoms with E-state index in [1.54, 1.807) is 0 Å². The molecule has 0 radical (unpaired) electrons. The Labute approximate surface area is 468 Å². The molecule has 0 aromatic rings. The van der Waals surface area contributed by atoms with Crippen molar-refractivity contribution in [1.29, 1.82) is 0 Å². The van der Waals surface area contributed by atoms with Crippen LogP contribution in [0.5, 0.6) is 0 Å². The Bertz CT molecular complexity index is 780. The first-order valence-corrected chi connectivity index (χ1v) is 34.6. The van der Waals surface area contributed by atoms with Crippen LogP contribution in [0.3, 0.4) is 0 Å². The second kappa shape index (κ2) is 62.1. The standard InChI is InChI=1S/4C16H36N.FH.H3O4P/c4*1-5-9-13-17(14-10-6-2,15-11-7-3)16-12-8-4;;1-5(2,3)4/h4*5-16H2,1-4H3;1H;(H3,1,2,3,4)/q4*+1;;/p-4. The molecule has 0 aliphatic carbocycles. The summed E-state index contributed by atoms with van der Waals surface area (Å²) in [6.07, 6.45) is 44.2. The largest absolute Gasteiger partial charge is 1.00 e. The van der Waals surface area contributed by atoms with Crippen molar-refractivity contribution < 1.29 is 41.9 Å². The summed E-state index contributed by atoms with van der Waals surface area (Å²) in [7, 11) is -5.39. The molecule has 0 unspecified atom stereocenters. The van der Waals surface area contributed by atoms with Crippen molar-refractivity contribution in [2.45, 2.75) is 316 Å². The fraction of sp³-hybridized carbons (Fsp3) is 1.00. The lowest BCUT2D eigenvalue weighted by Crippen LogP contribution is -3.00. The van der Waals surface area contributed by atoms with Crippen LogP contribution < -0.4 is 19.4 Å². The molecule has 0 amide bonds. The summed E-state index contributed by atoms with van der Waals surface area (Å²) in [6.45, 7) is 60.1. The summed E-state index contributed by atoms with van der Waals surface area (Å²) < 4.78 is 14.2. The number of halogens is 1. The topological polar surface area (TPSA) is 86.2 Å². The Kier molecular flexibility index (Phi) is 71.4. The number of unbranched alkanes of at least 4 members (excludes halogenated alkanes) is 16. The van der Waals surface area contributed by atoms with Gasteiger partial charge in [-0.1, -0.05) is 214 Å². The molecule has 0 heterocycles. The van der Waals surface area contributed by atoms with Gasteiger partial charge >= 0.3 is 0 Å². The monoisotopic (exact) mass is 1080 g/mol. The smallest absolute Gasteiger partial charge is 0.0786 e. The third-order valence-electron chi connectivity index (χ3n) is 15.8. The molecule has 0 aliphatic heterocycles. The first-order chi connectivity index (χ1) is 35.0. The van der Waals surface area contributed by atoms with E-state index in [2.05, 4.69) is 111 Å². The SMILES string of the molecule is CCCC[N+](CCCC)(CCCC)CCCC.CCCC[N+](CCCC)(CCCC)CCCC.CCCC[N+](CCCC)(CCCC)CCCC.CCCC[N+](CCCC)(CCCC)CCCC.O=P([O-])([O-])[O-].[F-]. The normalized spacial score (nSPS) is 11.8. The van der Waals surface area contributed by atoms with Crippen molar-refractivity contribution in [3.63, 3.8) is 0 Å². The maximum Gasteiger partial charge on any atom is 0.0786 e. The minimum atomic E-state index is -5.39. The highest BCUT2D eigenvalue weighted by molar-refractivity contribution is 7.40. The number of nitrogens with zero attached hydrogens (tertiary/aromatic N) is 4. The van der Waals surface area contributed by atoms with Crippen LogP contribution in [0.4, 0.5) is 0 Å². The second-order valence-electron chi connectivity index (χ2n) is 23.0. The zero-order valence-electron chi connectivity index (χ0n) is 54.2. The number of hydrogen-bond donors (Lipinski definition) is 0. The van der Waals surface area contributed by atoms with Gasteiger partial charge < -0.3 is 41.9 Å². The highest BCUT2D eigenvalue weighted by Gasteiger charge is 2.28. The van der Waals surface area contributed by atoms with Gasteiger partial charge in [-0.05, 0) is 103 Å². The van der Waals surface area contributed by atoms with E-state index in [1.165, 1.54) is 328 Å². The molecule has 0 aliphatic rings. The first kappa shape index (κ1) is 85.2. The average molecular weight is 1080 g/mol. The van der Waals surface area contributed by atoms with Gasteiger partial charge in [-0.15, -0.1) is 0 Å². The first-order valence-electron chi connectivity index (χ1n) is 33.1. The summed E-state index contributed by atoms with van der Waals surface area (Å²) in [4.78, 5) is 25.6. The minimum absolute atomic E-state index is 0. The van der Waals surface area contributed by atoms with E-state index >= 15 is 0 Å². The molecule has 0 bridgehead atoms.